The zero-order valence-electron chi connectivity index (χ0n) is 6.98. The summed E-state index contributed by atoms with van der Waals surface area (Å²) in [4.78, 5) is 30.4. The van der Waals surface area contributed by atoms with E-state index in [0.29, 0.717) is 0 Å². The summed E-state index contributed by atoms with van der Waals surface area (Å²) in [5.74, 6) is 0. The minimum Gasteiger partial charge on any atom is -0.387 e. The maximum atomic E-state index is 10.2. The molecule has 0 aliphatic carbocycles. The van der Waals surface area contributed by atoms with Crippen molar-refractivity contribution in [2.75, 3.05) is 0 Å². The van der Waals surface area contributed by atoms with Crippen LogP contribution in [0.25, 0.3) is 0 Å². The first-order chi connectivity index (χ1) is 6.42. The normalized spacial score (nSPS) is 18.0. The summed E-state index contributed by atoms with van der Waals surface area (Å²) in [6.45, 7) is 0. The van der Waals surface area contributed by atoms with Crippen molar-refractivity contribution in [3.63, 3.8) is 0 Å². The van der Waals surface area contributed by atoms with Gasteiger partial charge in [-0.05, 0) is 0 Å². The predicted octanol–water partition coefficient (Wildman–Crippen LogP) is -3.60. The van der Waals surface area contributed by atoms with Gasteiger partial charge in [0.15, 0.2) is 18.9 Å². The van der Waals surface area contributed by atoms with Gasteiger partial charge in [0.1, 0.15) is 18.3 Å². The van der Waals surface area contributed by atoms with E-state index in [9.17, 15) is 14.4 Å². The second kappa shape index (κ2) is 4.91. The molecule has 0 spiro atoms. The summed E-state index contributed by atoms with van der Waals surface area (Å²) in [6.07, 6.45) is -7.08. The van der Waals surface area contributed by atoms with Crippen LogP contribution in [-0.2, 0) is 14.4 Å². The van der Waals surface area contributed by atoms with Crippen molar-refractivity contribution in [3.8, 4) is 0 Å². The number of aliphatic hydroxyl groups excluding tert-OH is 3. The largest absolute Gasteiger partial charge is 0.387 e. The van der Waals surface area contributed by atoms with Crippen molar-refractivity contribution >= 4 is 18.9 Å². The van der Waals surface area contributed by atoms with E-state index in [1.165, 1.54) is 0 Å². The number of hydrogen-bond acceptors (Lipinski definition) is 7. The summed E-state index contributed by atoms with van der Waals surface area (Å²) < 4.78 is 0. The average molecular weight is 206 g/mol. The van der Waals surface area contributed by atoms with Crippen LogP contribution in [0.2, 0.25) is 0 Å². The molecule has 3 atom stereocenters. The molecule has 0 rings (SSSR count). The maximum absolute atomic E-state index is 10.2. The number of hydrogen-bond donors (Lipinski definition) is 4. The van der Waals surface area contributed by atoms with E-state index in [4.69, 9.17) is 20.4 Å². The van der Waals surface area contributed by atoms with Gasteiger partial charge in [0.25, 0.3) is 0 Å². The van der Waals surface area contributed by atoms with Crippen LogP contribution in [0, 0.1) is 0 Å². The van der Waals surface area contributed by atoms with E-state index < -0.39 is 23.9 Å². The van der Waals surface area contributed by atoms with Crippen LogP contribution < -0.4 is 0 Å². The van der Waals surface area contributed by atoms with Gasteiger partial charge in [0.05, 0.1) is 0 Å². The van der Waals surface area contributed by atoms with Gasteiger partial charge in [-0.15, -0.1) is 0 Å². The van der Waals surface area contributed by atoms with Gasteiger partial charge in [-0.3, -0.25) is 9.59 Å². The van der Waals surface area contributed by atoms with E-state index in [1.807, 2.05) is 0 Å². The zero-order chi connectivity index (χ0) is 11.4. The highest BCUT2D eigenvalue weighted by Crippen LogP contribution is 2.11. The Kier molecular flexibility index (Phi) is 4.51. The molecule has 0 unspecified atom stereocenters. The number of rotatable bonds is 6. The predicted molar refractivity (Wildman–Crippen MR) is 41.2 cm³/mol. The molecule has 0 fully saturated rings. The number of aliphatic hydroxyl groups is 4. The molecule has 0 aromatic carbocycles. The van der Waals surface area contributed by atoms with Gasteiger partial charge in [-0.1, -0.05) is 0 Å². The third kappa shape index (κ3) is 2.42. The molecule has 14 heavy (non-hydrogen) atoms. The van der Waals surface area contributed by atoms with Crippen molar-refractivity contribution in [2.45, 2.75) is 23.9 Å². The summed E-state index contributed by atoms with van der Waals surface area (Å²) in [5, 5.41) is 35.8. The van der Waals surface area contributed by atoms with E-state index in [-0.39, 0.29) is 18.9 Å². The summed E-state index contributed by atoms with van der Waals surface area (Å²) in [6, 6.07) is 0. The fourth-order valence-corrected chi connectivity index (χ4v) is 0.708. The van der Waals surface area contributed by atoms with E-state index in [1.54, 1.807) is 0 Å². The lowest BCUT2D eigenvalue weighted by atomic mass is 9.93. The molecule has 0 radical (unpaired) electrons. The van der Waals surface area contributed by atoms with Gasteiger partial charge in [-0.2, -0.15) is 0 Å². The smallest absolute Gasteiger partial charge is 0.203 e. The Hall–Kier alpha value is -1.15. The number of aldehydes is 3. The first kappa shape index (κ1) is 12.8. The Morgan fingerprint density at radius 3 is 1.71 bits per heavy atom. The highest BCUT2D eigenvalue weighted by molar-refractivity contribution is 5.88. The fourth-order valence-electron chi connectivity index (χ4n) is 0.708. The van der Waals surface area contributed by atoms with Crippen LogP contribution in [0.15, 0.2) is 0 Å². The van der Waals surface area contributed by atoms with Crippen LogP contribution in [-0.4, -0.2) is 63.2 Å². The molecule has 4 N–H and O–H groups in total. The molecule has 0 saturated carbocycles. The van der Waals surface area contributed by atoms with Gasteiger partial charge >= 0.3 is 0 Å². The van der Waals surface area contributed by atoms with Crippen LogP contribution in [0.3, 0.4) is 0 Å². The molecule has 0 amide bonds. The van der Waals surface area contributed by atoms with Crippen LogP contribution in [0.5, 0.6) is 0 Å². The molecule has 0 aromatic rings. The van der Waals surface area contributed by atoms with Gasteiger partial charge in [0.2, 0.25) is 5.60 Å². The lowest BCUT2D eigenvalue weighted by Crippen LogP contribution is -2.55. The highest BCUT2D eigenvalue weighted by Gasteiger charge is 2.42. The Morgan fingerprint density at radius 1 is 1.00 bits per heavy atom. The molecule has 0 aromatic heterocycles. The molecule has 0 heterocycles. The second-order valence-electron chi connectivity index (χ2n) is 2.69. The van der Waals surface area contributed by atoms with Crippen molar-refractivity contribution in [2.24, 2.45) is 0 Å². The molecule has 0 aliphatic rings. The SMILES string of the molecule is O=C[C@H](O)[C@@H](O)[C@H](O)C(O)(C=O)C=O. The lowest BCUT2D eigenvalue weighted by molar-refractivity contribution is -0.166. The molecule has 7 nitrogen and oxygen atoms in total. The Balaban J connectivity index is 4.74. The number of carbonyl (C=O) groups excluding carboxylic acids is 3. The fraction of sp³-hybridized carbons (Fsp3) is 0.571. The lowest BCUT2D eigenvalue weighted by Gasteiger charge is -2.26. The minimum absolute atomic E-state index is 0.107. The molecular formula is C7H10O7. The van der Waals surface area contributed by atoms with Crippen molar-refractivity contribution in [1.29, 1.82) is 0 Å². The van der Waals surface area contributed by atoms with Crippen LogP contribution >= 0.6 is 0 Å². The summed E-state index contributed by atoms with van der Waals surface area (Å²) >= 11 is 0. The Bertz CT molecular complexity index is 218. The minimum atomic E-state index is -2.83. The van der Waals surface area contributed by atoms with Crippen molar-refractivity contribution in [3.05, 3.63) is 0 Å². The molecule has 7 heteroatoms. The Labute approximate surface area is 78.6 Å². The summed E-state index contributed by atoms with van der Waals surface area (Å²) in [5.41, 5.74) is -2.83. The maximum Gasteiger partial charge on any atom is 0.203 e. The van der Waals surface area contributed by atoms with Crippen LogP contribution in [0.1, 0.15) is 0 Å². The van der Waals surface area contributed by atoms with E-state index >= 15 is 0 Å². The zero-order valence-corrected chi connectivity index (χ0v) is 6.98. The topological polar surface area (TPSA) is 132 Å². The van der Waals surface area contributed by atoms with Gasteiger partial charge in [0, 0.05) is 0 Å². The van der Waals surface area contributed by atoms with Gasteiger partial charge in [-0.25, -0.2) is 0 Å². The quantitative estimate of drug-likeness (QED) is 0.260. The standard InChI is InChI=1S/C7H10O7/c8-1-4(11)5(12)6(13)7(14,2-9)3-10/h1-6,11-14H/t4-,5+,6-/m0/s1. The molecule has 80 valence electrons. The molecule has 0 saturated heterocycles. The monoisotopic (exact) mass is 206 g/mol. The van der Waals surface area contributed by atoms with E-state index in [0.717, 1.165) is 0 Å². The Morgan fingerprint density at radius 2 is 1.43 bits per heavy atom. The number of carbonyl (C=O) groups is 3. The average Bonchev–Trinajstić information content (AvgIpc) is 2.24. The van der Waals surface area contributed by atoms with Gasteiger partial charge < -0.3 is 25.2 Å². The van der Waals surface area contributed by atoms with E-state index in [2.05, 4.69) is 0 Å². The highest BCUT2D eigenvalue weighted by atomic mass is 16.4. The van der Waals surface area contributed by atoms with Crippen molar-refractivity contribution < 1.29 is 34.8 Å². The van der Waals surface area contributed by atoms with Crippen molar-refractivity contribution in [1.82, 2.24) is 0 Å². The molecular weight excluding hydrogens is 196 g/mol. The van der Waals surface area contributed by atoms with Crippen LogP contribution in [0.4, 0.5) is 0 Å². The molecule has 0 bridgehead atoms. The first-order valence-electron chi connectivity index (χ1n) is 3.57. The third-order valence-corrected chi connectivity index (χ3v) is 1.66. The second-order valence-corrected chi connectivity index (χ2v) is 2.69. The summed E-state index contributed by atoms with van der Waals surface area (Å²) in [7, 11) is 0. The molecule has 0 aliphatic heterocycles. The first-order valence-corrected chi connectivity index (χ1v) is 3.57. The third-order valence-electron chi connectivity index (χ3n) is 1.66.